The van der Waals surface area contributed by atoms with E-state index in [-0.39, 0.29) is 17.6 Å². The molecule has 2 aliphatic rings. The maximum Gasteiger partial charge on any atom is 0.337 e. The van der Waals surface area contributed by atoms with Crippen LogP contribution in [0.5, 0.6) is 0 Å². The highest BCUT2D eigenvalue weighted by Crippen LogP contribution is 2.73. The van der Waals surface area contributed by atoms with E-state index in [1.807, 2.05) is 6.07 Å². The minimum atomic E-state index is -0.800. The Kier molecular flexibility index (Phi) is 5.54. The molecule has 1 spiro atoms. The molecule has 34 heavy (non-hydrogen) atoms. The van der Waals surface area contributed by atoms with Crippen LogP contribution in [0.25, 0.3) is 0 Å². The number of hydrogen-bond acceptors (Lipinski definition) is 3. The van der Waals surface area contributed by atoms with Gasteiger partial charge in [-0.1, -0.05) is 38.1 Å². The van der Waals surface area contributed by atoms with Gasteiger partial charge in [-0.15, -0.1) is 0 Å². The highest BCUT2D eigenvalue weighted by molar-refractivity contribution is 14.1. The highest BCUT2D eigenvalue weighted by atomic mass is 127. The summed E-state index contributed by atoms with van der Waals surface area (Å²) < 4.78 is 20.5. The van der Waals surface area contributed by atoms with Crippen LogP contribution < -0.4 is 4.90 Å². The van der Waals surface area contributed by atoms with Crippen molar-refractivity contribution in [3.63, 3.8) is 0 Å². The third-order valence-corrected chi connectivity index (χ3v) is 8.25. The van der Waals surface area contributed by atoms with Crippen LogP contribution in [0.15, 0.2) is 66.7 Å². The third-order valence-electron chi connectivity index (χ3n) is 7.53. The number of benzene rings is 3. The Bertz CT molecular complexity index is 1310. The molecule has 0 unspecified atom stereocenters. The summed E-state index contributed by atoms with van der Waals surface area (Å²) in [5.74, 6) is -0.597. The van der Waals surface area contributed by atoms with Crippen molar-refractivity contribution < 1.29 is 18.7 Å². The van der Waals surface area contributed by atoms with Crippen molar-refractivity contribution in [1.82, 2.24) is 0 Å². The van der Waals surface area contributed by atoms with Crippen molar-refractivity contribution in [2.45, 2.75) is 37.6 Å². The van der Waals surface area contributed by atoms with Gasteiger partial charge in [0.05, 0.1) is 24.6 Å². The zero-order valence-corrected chi connectivity index (χ0v) is 21.4. The summed E-state index contributed by atoms with van der Waals surface area (Å²) in [5, 5.41) is 0. The zero-order chi connectivity index (χ0) is 24.3. The van der Waals surface area contributed by atoms with Gasteiger partial charge in [0.25, 0.3) is 0 Å². The number of amides is 1. The van der Waals surface area contributed by atoms with Gasteiger partial charge in [-0.2, -0.15) is 0 Å². The monoisotopic (exact) mass is 569 g/mol. The summed E-state index contributed by atoms with van der Waals surface area (Å²) in [4.78, 5) is 28.0. The molecule has 0 aromatic heterocycles. The predicted molar refractivity (Wildman–Crippen MR) is 137 cm³/mol. The topological polar surface area (TPSA) is 46.6 Å². The number of nitrogens with zero attached hydrogens (tertiary/aromatic N) is 1. The number of esters is 1. The molecule has 4 nitrogen and oxygen atoms in total. The van der Waals surface area contributed by atoms with Gasteiger partial charge in [0.15, 0.2) is 0 Å². The summed E-state index contributed by atoms with van der Waals surface area (Å²) in [5.41, 5.74) is 2.65. The number of carbonyl (C=O) groups excluding carboxylic acids is 2. The predicted octanol–water partition coefficient (Wildman–Crippen LogP) is 6.00. The van der Waals surface area contributed by atoms with Crippen LogP contribution in [0.4, 0.5) is 10.1 Å². The van der Waals surface area contributed by atoms with Gasteiger partial charge in [0.2, 0.25) is 5.91 Å². The van der Waals surface area contributed by atoms with Crippen molar-refractivity contribution in [3.8, 4) is 0 Å². The maximum atomic E-state index is 14.5. The molecule has 3 aromatic carbocycles. The van der Waals surface area contributed by atoms with Crippen molar-refractivity contribution in [1.29, 1.82) is 0 Å². The van der Waals surface area contributed by atoms with Crippen LogP contribution in [-0.4, -0.2) is 19.0 Å². The number of rotatable bonds is 5. The Hall–Kier alpha value is -2.74. The average molecular weight is 569 g/mol. The molecule has 1 fully saturated rings. The lowest BCUT2D eigenvalue weighted by atomic mass is 9.75. The molecular formula is C28H25FINO3. The van der Waals surface area contributed by atoms with Gasteiger partial charge in [0, 0.05) is 14.7 Å². The Balaban J connectivity index is 1.61. The lowest BCUT2D eigenvalue weighted by Crippen LogP contribution is -2.38. The summed E-state index contributed by atoms with van der Waals surface area (Å²) in [6, 6.07) is 20.1. The van der Waals surface area contributed by atoms with E-state index >= 15 is 0 Å². The molecule has 3 aromatic rings. The fourth-order valence-corrected chi connectivity index (χ4v) is 6.26. The largest absolute Gasteiger partial charge is 0.465 e. The molecule has 0 bridgehead atoms. The molecule has 5 rings (SSSR count). The van der Waals surface area contributed by atoms with E-state index in [2.05, 4.69) is 60.7 Å². The van der Waals surface area contributed by atoms with E-state index in [9.17, 15) is 14.0 Å². The fraction of sp³-hybridized carbons (Fsp3) is 0.286. The molecule has 1 aliphatic heterocycles. The first-order valence-electron chi connectivity index (χ1n) is 11.3. The van der Waals surface area contributed by atoms with Crippen LogP contribution in [0.1, 0.15) is 47.3 Å². The molecule has 1 heterocycles. The Morgan fingerprint density at radius 3 is 2.53 bits per heavy atom. The third kappa shape index (κ3) is 3.21. The van der Waals surface area contributed by atoms with E-state index in [1.54, 1.807) is 29.2 Å². The summed E-state index contributed by atoms with van der Waals surface area (Å²) in [7, 11) is 1.34. The summed E-state index contributed by atoms with van der Waals surface area (Å²) in [6.07, 6.45) is 0.645. The van der Waals surface area contributed by atoms with Crippen LogP contribution >= 0.6 is 22.6 Å². The maximum absolute atomic E-state index is 14.5. The molecule has 0 N–H and O–H groups in total. The van der Waals surface area contributed by atoms with E-state index < -0.39 is 16.8 Å². The number of anilines is 1. The van der Waals surface area contributed by atoms with Crippen LogP contribution in [0, 0.1) is 15.3 Å². The van der Waals surface area contributed by atoms with Crippen molar-refractivity contribution >= 4 is 40.2 Å². The second kappa shape index (κ2) is 8.18. The molecule has 0 saturated heterocycles. The number of fused-ring (bicyclic) bond motifs is 2. The lowest BCUT2D eigenvalue weighted by molar-refractivity contribution is -0.121. The SMILES string of the molecule is COC(=O)c1cccc(CN2C(=O)[C@@]3(C[C@]3(c3ccc(I)cc3)C(C)C)c3cc(F)ccc32)c1. The zero-order valence-electron chi connectivity index (χ0n) is 19.3. The van der Waals surface area contributed by atoms with Crippen molar-refractivity contribution in [2.75, 3.05) is 12.0 Å². The van der Waals surface area contributed by atoms with Crippen LogP contribution in [0.2, 0.25) is 0 Å². The minimum Gasteiger partial charge on any atom is -0.465 e. The average Bonchev–Trinajstić information content (AvgIpc) is 3.50. The van der Waals surface area contributed by atoms with Gasteiger partial charge < -0.3 is 9.64 Å². The van der Waals surface area contributed by atoms with Crippen LogP contribution in [-0.2, 0) is 26.9 Å². The molecule has 1 aliphatic carbocycles. The van der Waals surface area contributed by atoms with Crippen molar-refractivity contribution in [2.24, 2.45) is 5.92 Å². The molecule has 6 heteroatoms. The van der Waals surface area contributed by atoms with E-state index in [0.717, 1.165) is 25.9 Å². The fourth-order valence-electron chi connectivity index (χ4n) is 5.90. The number of methoxy groups -OCH3 is 1. The lowest BCUT2D eigenvalue weighted by Gasteiger charge is -2.27. The van der Waals surface area contributed by atoms with Gasteiger partial charge in [0.1, 0.15) is 5.82 Å². The number of carbonyl (C=O) groups is 2. The van der Waals surface area contributed by atoms with Gasteiger partial charge >= 0.3 is 5.97 Å². The Morgan fingerprint density at radius 2 is 1.85 bits per heavy atom. The molecule has 174 valence electrons. The highest BCUT2D eigenvalue weighted by Gasteiger charge is 2.77. The standard InChI is InChI=1S/C28H25FINO3/c1-17(2)27(20-7-10-22(30)11-8-20)16-28(27)23-14-21(29)9-12-24(23)31(26(28)33)15-18-5-4-6-19(13-18)25(32)34-3/h4-14,17H,15-16H2,1-3H3/t27-,28-/m1/s1. The normalized spacial score (nSPS) is 22.9. The van der Waals surface area contributed by atoms with E-state index in [1.165, 1.54) is 19.2 Å². The smallest absolute Gasteiger partial charge is 0.337 e. The second-order valence-electron chi connectivity index (χ2n) is 9.46. The first-order chi connectivity index (χ1) is 16.2. The number of hydrogen-bond donors (Lipinski definition) is 0. The summed E-state index contributed by atoms with van der Waals surface area (Å²) >= 11 is 2.28. The number of halogens is 2. The molecule has 0 radical (unpaired) electrons. The van der Waals surface area contributed by atoms with Gasteiger partial charge in [-0.05, 0) is 94.1 Å². The van der Waals surface area contributed by atoms with Crippen LogP contribution in [0.3, 0.4) is 0 Å². The molecule has 1 amide bonds. The number of ether oxygens (including phenoxy) is 1. The Labute approximate surface area is 212 Å². The first-order valence-corrected chi connectivity index (χ1v) is 12.4. The molecule has 2 atom stereocenters. The summed E-state index contributed by atoms with van der Waals surface area (Å²) in [6.45, 7) is 4.58. The van der Waals surface area contributed by atoms with E-state index in [0.29, 0.717) is 18.5 Å². The minimum absolute atomic E-state index is 0.0104. The first kappa shape index (κ1) is 23.0. The van der Waals surface area contributed by atoms with E-state index in [4.69, 9.17) is 4.74 Å². The van der Waals surface area contributed by atoms with Crippen molar-refractivity contribution in [3.05, 3.63) is 98.4 Å². The second-order valence-corrected chi connectivity index (χ2v) is 10.7. The molecular weight excluding hydrogens is 544 g/mol. The Morgan fingerprint density at radius 1 is 1.12 bits per heavy atom. The van der Waals surface area contributed by atoms with Gasteiger partial charge in [-0.3, -0.25) is 4.79 Å². The van der Waals surface area contributed by atoms with Gasteiger partial charge in [-0.25, -0.2) is 9.18 Å². The molecule has 1 saturated carbocycles. The quantitative estimate of drug-likeness (QED) is 0.280.